The maximum absolute atomic E-state index is 14.0. The number of hydrogen-bond acceptors (Lipinski definition) is 8. The predicted molar refractivity (Wildman–Crippen MR) is 130 cm³/mol. The number of aliphatic hydroxyl groups excluding tert-OH is 2. The van der Waals surface area contributed by atoms with Gasteiger partial charge in [-0.3, -0.25) is 19.3 Å². The Kier molecular flexibility index (Phi) is 5.69. The first kappa shape index (κ1) is 25.6. The second kappa shape index (κ2) is 8.47. The van der Waals surface area contributed by atoms with Gasteiger partial charge in [0.25, 0.3) is 5.91 Å². The Morgan fingerprint density at radius 2 is 1.71 bits per heavy atom. The van der Waals surface area contributed by atoms with Gasteiger partial charge in [0.2, 0.25) is 5.78 Å². The average molecular weight is 526 g/mol. The van der Waals surface area contributed by atoms with E-state index in [1.807, 2.05) is 0 Å². The number of primary amides is 1. The monoisotopic (exact) mass is 526 g/mol. The number of benzene rings is 2. The highest BCUT2D eigenvalue weighted by Crippen LogP contribution is 2.53. The Morgan fingerprint density at radius 3 is 2.29 bits per heavy atom. The van der Waals surface area contributed by atoms with Crippen LogP contribution < -0.4 is 5.73 Å². The van der Waals surface area contributed by atoms with Crippen LogP contribution in [0, 0.1) is 23.5 Å². The summed E-state index contributed by atoms with van der Waals surface area (Å²) in [5.41, 5.74) is 1.94. The molecule has 0 spiro atoms. The van der Waals surface area contributed by atoms with Gasteiger partial charge in [-0.1, -0.05) is 6.07 Å². The Balaban J connectivity index is 1.75. The Hall–Kier alpha value is -4.09. The number of nitrogens with two attached hydrogens (primary N) is 1. The Bertz CT molecular complexity index is 1490. The molecule has 11 heteroatoms. The highest BCUT2D eigenvalue weighted by atomic mass is 19.1. The third-order valence-electron chi connectivity index (χ3n) is 7.78. The molecule has 2 aromatic rings. The molecule has 198 valence electrons. The van der Waals surface area contributed by atoms with Gasteiger partial charge in [-0.05, 0) is 67.7 Å². The molecule has 4 atom stereocenters. The molecule has 3 aliphatic rings. The number of carbonyl (C=O) groups is 3. The highest BCUT2D eigenvalue weighted by molar-refractivity contribution is 6.24. The fourth-order valence-electron chi connectivity index (χ4n) is 6.22. The third kappa shape index (κ3) is 3.38. The van der Waals surface area contributed by atoms with E-state index < -0.39 is 75.4 Å². The molecule has 0 aliphatic heterocycles. The SMILES string of the molecule is CN(C)[C@@H]1C(=O)C(C(N)=O)=C(O)[C@]2(O)C(=O)C3=C(O)c4c(O)ccc(-c5cc(F)cc(F)c5)c4C[C@H]3C[C@@H]12. The predicted octanol–water partition coefficient (Wildman–Crippen LogP) is 1.91. The number of likely N-dealkylation sites (N-methyl/N-ethyl adjacent to an activating group) is 1. The smallest absolute Gasteiger partial charge is 0.255 e. The number of phenols is 1. The third-order valence-corrected chi connectivity index (χ3v) is 7.78. The molecule has 9 nitrogen and oxygen atoms in total. The van der Waals surface area contributed by atoms with Crippen molar-refractivity contribution >= 4 is 23.2 Å². The van der Waals surface area contributed by atoms with Gasteiger partial charge in [0, 0.05) is 17.6 Å². The fraction of sp³-hybridized carbons (Fsp3) is 0.296. The molecule has 6 N–H and O–H groups in total. The Labute approximate surface area is 215 Å². The van der Waals surface area contributed by atoms with E-state index in [0.29, 0.717) is 17.2 Å². The standard InChI is InChI=1S/C27H24F2N2O7/c1-31(2)21-16-8-11-7-15-14(10-5-12(28)9-13(29)6-10)3-4-17(32)19(15)22(33)18(11)24(35)27(16,38)25(36)20(23(21)34)26(30)37/h3-6,9,11,16,21,32-33,36,38H,7-8H2,1-2H3,(H2,30,37)/t11-,16-,21-,27+/m0/s1. The van der Waals surface area contributed by atoms with Crippen molar-refractivity contribution in [2.75, 3.05) is 14.1 Å². The summed E-state index contributed by atoms with van der Waals surface area (Å²) in [4.78, 5) is 40.4. The van der Waals surface area contributed by atoms with E-state index in [-0.39, 0.29) is 29.5 Å². The highest BCUT2D eigenvalue weighted by Gasteiger charge is 2.64. The number of aliphatic hydroxyl groups is 3. The van der Waals surface area contributed by atoms with Crippen molar-refractivity contribution in [2.24, 2.45) is 17.6 Å². The molecule has 0 radical (unpaired) electrons. The number of phenolic OH excluding ortho intramolecular Hbond substituents is 1. The number of hydrogen-bond donors (Lipinski definition) is 5. The summed E-state index contributed by atoms with van der Waals surface area (Å²) in [6, 6.07) is 4.30. The Morgan fingerprint density at radius 1 is 1.08 bits per heavy atom. The number of Topliss-reactive ketones (excluding diaryl/α,β-unsaturated/α-hetero) is 2. The van der Waals surface area contributed by atoms with E-state index in [2.05, 4.69) is 0 Å². The van der Waals surface area contributed by atoms with Crippen molar-refractivity contribution in [3.05, 3.63) is 70.0 Å². The van der Waals surface area contributed by atoms with Crippen LogP contribution in [0.1, 0.15) is 17.5 Å². The van der Waals surface area contributed by atoms with Crippen LogP contribution in [0.2, 0.25) is 0 Å². The van der Waals surface area contributed by atoms with Gasteiger partial charge < -0.3 is 26.2 Å². The van der Waals surface area contributed by atoms with Crippen LogP contribution in [0.3, 0.4) is 0 Å². The minimum Gasteiger partial charge on any atom is -0.508 e. The molecule has 3 aliphatic carbocycles. The van der Waals surface area contributed by atoms with E-state index in [4.69, 9.17) is 5.73 Å². The van der Waals surface area contributed by atoms with Gasteiger partial charge in [-0.25, -0.2) is 8.78 Å². The molecule has 0 aromatic heterocycles. The zero-order valence-electron chi connectivity index (χ0n) is 20.3. The summed E-state index contributed by atoms with van der Waals surface area (Å²) >= 11 is 0. The number of ketones is 2. The molecule has 1 amide bonds. The number of halogens is 2. The number of carbonyl (C=O) groups excluding carboxylic acids is 3. The number of aromatic hydroxyl groups is 1. The second-order valence-corrected chi connectivity index (χ2v) is 10.1. The van der Waals surface area contributed by atoms with Crippen LogP contribution in [-0.4, -0.2) is 68.5 Å². The maximum Gasteiger partial charge on any atom is 0.255 e. The lowest BCUT2D eigenvalue weighted by Crippen LogP contribution is -2.65. The number of fused-ring (bicyclic) bond motifs is 3. The normalized spacial score (nSPS) is 26.8. The lowest BCUT2D eigenvalue weighted by Gasteiger charge is -2.50. The van der Waals surface area contributed by atoms with Crippen molar-refractivity contribution in [3.63, 3.8) is 0 Å². The molecule has 0 heterocycles. The van der Waals surface area contributed by atoms with Gasteiger partial charge in [0.15, 0.2) is 11.4 Å². The molecular formula is C27H24F2N2O7. The van der Waals surface area contributed by atoms with E-state index in [0.717, 1.165) is 12.1 Å². The molecular weight excluding hydrogens is 502 g/mol. The van der Waals surface area contributed by atoms with E-state index >= 15 is 0 Å². The lowest BCUT2D eigenvalue weighted by molar-refractivity contribution is -0.153. The van der Waals surface area contributed by atoms with Crippen LogP contribution >= 0.6 is 0 Å². The number of rotatable bonds is 3. The summed E-state index contributed by atoms with van der Waals surface area (Å²) in [5, 5.41) is 44.3. The topological polar surface area (TPSA) is 161 Å². The summed E-state index contributed by atoms with van der Waals surface area (Å²) in [7, 11) is 3.00. The van der Waals surface area contributed by atoms with Crippen molar-refractivity contribution in [3.8, 4) is 16.9 Å². The van der Waals surface area contributed by atoms with Crippen molar-refractivity contribution < 1.29 is 43.6 Å². The van der Waals surface area contributed by atoms with Crippen molar-refractivity contribution in [1.29, 1.82) is 0 Å². The summed E-state index contributed by atoms with van der Waals surface area (Å²) < 4.78 is 28.0. The van der Waals surface area contributed by atoms with Gasteiger partial charge in [-0.2, -0.15) is 0 Å². The first-order chi connectivity index (χ1) is 17.8. The fourth-order valence-corrected chi connectivity index (χ4v) is 6.22. The van der Waals surface area contributed by atoms with Gasteiger partial charge >= 0.3 is 0 Å². The molecule has 38 heavy (non-hydrogen) atoms. The van der Waals surface area contributed by atoms with Gasteiger partial charge in [0.1, 0.15) is 34.5 Å². The summed E-state index contributed by atoms with van der Waals surface area (Å²) in [6.07, 6.45) is -0.102. The van der Waals surface area contributed by atoms with Crippen LogP contribution in [0.25, 0.3) is 16.9 Å². The quantitative estimate of drug-likeness (QED) is 0.379. The molecule has 1 fully saturated rings. The minimum atomic E-state index is -2.75. The molecule has 1 saturated carbocycles. The van der Waals surface area contributed by atoms with Crippen LogP contribution in [-0.2, 0) is 20.8 Å². The first-order valence-electron chi connectivity index (χ1n) is 11.7. The molecule has 0 unspecified atom stereocenters. The van der Waals surface area contributed by atoms with Crippen molar-refractivity contribution in [1.82, 2.24) is 4.90 Å². The molecule has 2 aromatic carbocycles. The first-order valence-corrected chi connectivity index (χ1v) is 11.7. The van der Waals surface area contributed by atoms with Gasteiger partial charge in [0.05, 0.1) is 11.6 Å². The van der Waals surface area contributed by atoms with Crippen LogP contribution in [0.4, 0.5) is 8.78 Å². The van der Waals surface area contributed by atoms with Crippen LogP contribution in [0.15, 0.2) is 47.2 Å². The zero-order valence-corrected chi connectivity index (χ0v) is 20.3. The molecule has 0 bridgehead atoms. The summed E-state index contributed by atoms with van der Waals surface area (Å²) in [6.45, 7) is 0. The van der Waals surface area contributed by atoms with E-state index in [1.165, 1.54) is 31.1 Å². The maximum atomic E-state index is 14.0. The largest absolute Gasteiger partial charge is 0.508 e. The van der Waals surface area contributed by atoms with E-state index in [1.54, 1.807) is 0 Å². The number of amides is 1. The second-order valence-electron chi connectivity index (χ2n) is 10.1. The average Bonchev–Trinajstić information content (AvgIpc) is 2.80. The lowest BCUT2D eigenvalue weighted by atomic mass is 9.57. The molecule has 0 saturated heterocycles. The van der Waals surface area contributed by atoms with Crippen molar-refractivity contribution in [2.45, 2.75) is 24.5 Å². The number of nitrogens with zero attached hydrogens (tertiary/aromatic N) is 1. The molecule has 5 rings (SSSR count). The van der Waals surface area contributed by atoms with Gasteiger partial charge in [-0.15, -0.1) is 0 Å². The summed E-state index contributed by atoms with van der Waals surface area (Å²) in [5.74, 6) is -9.31. The minimum absolute atomic E-state index is 0.00357. The van der Waals surface area contributed by atoms with E-state index in [9.17, 15) is 43.6 Å². The zero-order chi connectivity index (χ0) is 27.8. The van der Waals surface area contributed by atoms with Crippen LogP contribution in [0.5, 0.6) is 5.75 Å².